The van der Waals surface area contributed by atoms with E-state index in [1.165, 1.54) is 6.07 Å². The van der Waals surface area contributed by atoms with Crippen LogP contribution in [0.2, 0.25) is 5.02 Å². The first kappa shape index (κ1) is 14.0. The number of hydrogen-bond donors (Lipinski definition) is 1. The summed E-state index contributed by atoms with van der Waals surface area (Å²) < 4.78 is 26.5. The second-order valence-corrected chi connectivity index (χ2v) is 4.97. The first-order valence-corrected chi connectivity index (χ1v) is 6.36. The molecule has 2 aromatic carbocycles. The molecular weight excluding hydrogens is 268 g/mol. The summed E-state index contributed by atoms with van der Waals surface area (Å²) >= 11 is 5.88. The van der Waals surface area contributed by atoms with Gasteiger partial charge in [0.25, 0.3) is 0 Å². The van der Waals surface area contributed by atoms with Crippen molar-refractivity contribution in [3.8, 4) is 0 Å². The second-order valence-electron chi connectivity index (χ2n) is 4.53. The van der Waals surface area contributed by atoms with E-state index in [9.17, 15) is 8.78 Å². The summed E-state index contributed by atoms with van der Waals surface area (Å²) in [6.07, 6.45) is 0.854. The van der Waals surface area contributed by atoms with E-state index in [4.69, 9.17) is 17.3 Å². The summed E-state index contributed by atoms with van der Waals surface area (Å²) in [5.41, 5.74) is 7.26. The summed E-state index contributed by atoms with van der Waals surface area (Å²) in [5, 5.41) is 0.640. The molecule has 2 rings (SSSR count). The van der Waals surface area contributed by atoms with Gasteiger partial charge in [-0.15, -0.1) is 0 Å². The van der Waals surface area contributed by atoms with Crippen LogP contribution in [0.15, 0.2) is 42.5 Å². The lowest BCUT2D eigenvalue weighted by Gasteiger charge is -2.12. The van der Waals surface area contributed by atoms with Gasteiger partial charge in [-0.25, -0.2) is 8.78 Å². The van der Waals surface area contributed by atoms with Gasteiger partial charge in [-0.05, 0) is 54.3 Å². The summed E-state index contributed by atoms with van der Waals surface area (Å²) in [7, 11) is 0. The Morgan fingerprint density at radius 3 is 2.58 bits per heavy atom. The molecule has 0 amide bonds. The molecule has 0 spiro atoms. The maximum absolute atomic E-state index is 13.5. The van der Waals surface area contributed by atoms with Crippen LogP contribution in [-0.2, 0) is 12.8 Å². The van der Waals surface area contributed by atoms with Crippen LogP contribution in [0.5, 0.6) is 0 Å². The molecule has 1 atom stereocenters. The van der Waals surface area contributed by atoms with Crippen LogP contribution < -0.4 is 5.73 Å². The van der Waals surface area contributed by atoms with Gasteiger partial charge in [0.2, 0.25) is 0 Å². The van der Waals surface area contributed by atoms with Gasteiger partial charge in [0.1, 0.15) is 11.6 Å². The Morgan fingerprint density at radius 1 is 1.05 bits per heavy atom. The fourth-order valence-electron chi connectivity index (χ4n) is 2.02. The second kappa shape index (κ2) is 6.13. The first-order valence-electron chi connectivity index (χ1n) is 5.98. The normalized spacial score (nSPS) is 12.4. The Hall–Kier alpha value is -1.45. The number of hydrogen-bond acceptors (Lipinski definition) is 1. The zero-order chi connectivity index (χ0) is 13.8. The van der Waals surface area contributed by atoms with Gasteiger partial charge < -0.3 is 5.73 Å². The van der Waals surface area contributed by atoms with Crippen molar-refractivity contribution in [1.29, 1.82) is 0 Å². The van der Waals surface area contributed by atoms with Crippen LogP contribution in [0.3, 0.4) is 0 Å². The molecule has 1 nitrogen and oxygen atoms in total. The lowest BCUT2D eigenvalue weighted by molar-refractivity contribution is 0.566. The highest BCUT2D eigenvalue weighted by Crippen LogP contribution is 2.15. The third kappa shape index (κ3) is 4.01. The average Bonchev–Trinajstić information content (AvgIpc) is 2.34. The Morgan fingerprint density at radius 2 is 1.84 bits per heavy atom. The highest BCUT2D eigenvalue weighted by molar-refractivity contribution is 6.30. The van der Waals surface area contributed by atoms with Gasteiger partial charge in [0.05, 0.1) is 0 Å². The fraction of sp³-hybridized carbons (Fsp3) is 0.200. The minimum atomic E-state index is -0.452. The third-order valence-electron chi connectivity index (χ3n) is 2.88. The largest absolute Gasteiger partial charge is 0.327 e. The molecule has 4 heteroatoms. The van der Waals surface area contributed by atoms with Crippen molar-refractivity contribution in [2.75, 3.05) is 0 Å². The Kier molecular flexibility index (Phi) is 4.51. The van der Waals surface area contributed by atoms with Gasteiger partial charge in [-0.3, -0.25) is 0 Å². The van der Waals surface area contributed by atoms with E-state index in [0.29, 0.717) is 17.0 Å². The molecule has 0 aliphatic carbocycles. The quantitative estimate of drug-likeness (QED) is 0.908. The van der Waals surface area contributed by atoms with Gasteiger partial charge in [-0.2, -0.15) is 0 Å². The zero-order valence-electron chi connectivity index (χ0n) is 10.2. The van der Waals surface area contributed by atoms with Crippen LogP contribution in [0.4, 0.5) is 8.78 Å². The zero-order valence-corrected chi connectivity index (χ0v) is 11.0. The molecule has 2 aromatic rings. The minimum Gasteiger partial charge on any atom is -0.327 e. The Balaban J connectivity index is 2.05. The van der Waals surface area contributed by atoms with E-state index < -0.39 is 11.6 Å². The van der Waals surface area contributed by atoms with Crippen molar-refractivity contribution < 1.29 is 8.78 Å². The molecule has 0 aliphatic rings. The van der Waals surface area contributed by atoms with Crippen molar-refractivity contribution in [1.82, 2.24) is 0 Å². The molecule has 100 valence electrons. The minimum absolute atomic E-state index is 0.283. The van der Waals surface area contributed by atoms with E-state index in [1.54, 1.807) is 6.07 Å². The van der Waals surface area contributed by atoms with E-state index in [1.807, 2.05) is 18.2 Å². The van der Waals surface area contributed by atoms with Crippen LogP contribution in [0.25, 0.3) is 0 Å². The number of benzene rings is 2. The van der Waals surface area contributed by atoms with Gasteiger partial charge in [0.15, 0.2) is 0 Å². The van der Waals surface area contributed by atoms with Crippen LogP contribution in [0.1, 0.15) is 11.1 Å². The van der Waals surface area contributed by atoms with Crippen molar-refractivity contribution in [2.24, 2.45) is 5.73 Å². The van der Waals surface area contributed by atoms with E-state index >= 15 is 0 Å². The molecule has 19 heavy (non-hydrogen) atoms. The third-order valence-corrected chi connectivity index (χ3v) is 3.11. The standard InChI is InChI=1S/C15H14ClF2N/c16-12-3-1-2-10(6-12)7-14(19)9-11-8-13(17)4-5-15(11)18/h1-6,8,14H,7,9,19H2. The fourth-order valence-corrected chi connectivity index (χ4v) is 2.23. The predicted octanol–water partition coefficient (Wildman–Crippen LogP) is 3.73. The number of halogens is 3. The lowest BCUT2D eigenvalue weighted by Crippen LogP contribution is -2.26. The van der Waals surface area contributed by atoms with Crippen molar-refractivity contribution in [3.05, 3.63) is 70.2 Å². The van der Waals surface area contributed by atoms with E-state index in [2.05, 4.69) is 0 Å². The van der Waals surface area contributed by atoms with Crippen molar-refractivity contribution in [3.63, 3.8) is 0 Å². The maximum atomic E-state index is 13.5. The molecule has 1 unspecified atom stereocenters. The summed E-state index contributed by atoms with van der Waals surface area (Å²) in [6, 6.07) is 10.5. The maximum Gasteiger partial charge on any atom is 0.126 e. The summed E-state index contributed by atoms with van der Waals surface area (Å²) in [4.78, 5) is 0. The van der Waals surface area contributed by atoms with Gasteiger partial charge in [-0.1, -0.05) is 23.7 Å². The molecule has 0 aromatic heterocycles. The first-order chi connectivity index (χ1) is 9.04. The molecule has 0 aliphatic heterocycles. The lowest BCUT2D eigenvalue weighted by atomic mass is 9.99. The summed E-state index contributed by atoms with van der Waals surface area (Å²) in [5.74, 6) is -0.880. The van der Waals surface area contributed by atoms with E-state index in [-0.39, 0.29) is 12.5 Å². The monoisotopic (exact) mass is 281 g/mol. The SMILES string of the molecule is NC(Cc1cccc(Cl)c1)Cc1cc(F)ccc1F. The van der Waals surface area contributed by atoms with Crippen molar-refractivity contribution >= 4 is 11.6 Å². The number of rotatable bonds is 4. The molecule has 0 radical (unpaired) electrons. The van der Waals surface area contributed by atoms with E-state index in [0.717, 1.165) is 17.7 Å². The topological polar surface area (TPSA) is 26.0 Å². The molecule has 0 saturated heterocycles. The number of nitrogens with two attached hydrogens (primary N) is 1. The molecular formula is C15H14ClF2N. The van der Waals surface area contributed by atoms with Gasteiger partial charge in [0, 0.05) is 11.1 Å². The van der Waals surface area contributed by atoms with Crippen molar-refractivity contribution in [2.45, 2.75) is 18.9 Å². The smallest absolute Gasteiger partial charge is 0.126 e. The molecule has 0 fully saturated rings. The highest BCUT2D eigenvalue weighted by atomic mass is 35.5. The molecule has 0 heterocycles. The van der Waals surface area contributed by atoms with Gasteiger partial charge >= 0.3 is 0 Å². The summed E-state index contributed by atoms with van der Waals surface area (Å²) in [6.45, 7) is 0. The Bertz CT molecular complexity index is 572. The molecule has 2 N–H and O–H groups in total. The van der Waals surface area contributed by atoms with Crippen LogP contribution >= 0.6 is 11.6 Å². The average molecular weight is 282 g/mol. The van der Waals surface area contributed by atoms with Crippen LogP contribution in [-0.4, -0.2) is 6.04 Å². The molecule has 0 bridgehead atoms. The predicted molar refractivity (Wildman–Crippen MR) is 73.2 cm³/mol. The van der Waals surface area contributed by atoms with Crippen LogP contribution in [0, 0.1) is 11.6 Å². The Labute approximate surface area is 116 Å². The molecule has 0 saturated carbocycles. The highest BCUT2D eigenvalue weighted by Gasteiger charge is 2.10.